The number of ether oxygens (including phenoxy) is 2. The molecule has 0 aromatic heterocycles. The van der Waals surface area contributed by atoms with Crippen LogP contribution in [0, 0.1) is 0 Å². The van der Waals surface area contributed by atoms with Gasteiger partial charge < -0.3 is 14.4 Å². The number of carbonyl (C=O) groups excluding carboxylic acids is 1. The Balaban J connectivity index is 1.34. The second kappa shape index (κ2) is 8.82. The number of methoxy groups -OCH3 is 1. The molecule has 148 valence electrons. The van der Waals surface area contributed by atoms with Gasteiger partial charge in [-0.05, 0) is 53.9 Å². The minimum atomic E-state index is 0.0793. The zero-order valence-corrected chi connectivity index (χ0v) is 16.6. The number of benzene rings is 3. The van der Waals surface area contributed by atoms with Crippen LogP contribution in [0.3, 0.4) is 0 Å². The van der Waals surface area contributed by atoms with Crippen molar-refractivity contribution in [3.8, 4) is 11.5 Å². The fourth-order valence-corrected chi connectivity index (χ4v) is 3.71. The minimum absolute atomic E-state index is 0.0793. The molecule has 0 radical (unpaired) electrons. The molecule has 0 saturated carbocycles. The van der Waals surface area contributed by atoms with Crippen LogP contribution in [0.4, 0.5) is 0 Å². The SMILES string of the molecule is COc1ccc(C2CCN(C(=O)c3ccc(OCc4ccccc4)cc3)C2)cc1. The summed E-state index contributed by atoms with van der Waals surface area (Å²) in [5, 5.41) is 0. The highest BCUT2D eigenvalue weighted by atomic mass is 16.5. The summed E-state index contributed by atoms with van der Waals surface area (Å²) >= 11 is 0. The summed E-state index contributed by atoms with van der Waals surface area (Å²) < 4.78 is 11.0. The third-order valence-corrected chi connectivity index (χ3v) is 5.41. The highest BCUT2D eigenvalue weighted by molar-refractivity contribution is 5.94. The molecule has 0 bridgehead atoms. The lowest BCUT2D eigenvalue weighted by molar-refractivity contribution is 0.0790. The standard InChI is InChI=1S/C25H25NO3/c1-28-23-11-7-20(8-12-23)22-15-16-26(17-22)25(27)21-9-13-24(14-10-21)29-18-19-5-3-2-4-6-19/h2-14,22H,15-18H2,1H3. The summed E-state index contributed by atoms with van der Waals surface area (Å²) in [6, 6.07) is 25.6. The van der Waals surface area contributed by atoms with Crippen molar-refractivity contribution in [2.24, 2.45) is 0 Å². The fourth-order valence-electron chi connectivity index (χ4n) is 3.71. The van der Waals surface area contributed by atoms with Crippen LogP contribution in [0.15, 0.2) is 78.9 Å². The average molecular weight is 387 g/mol. The largest absolute Gasteiger partial charge is 0.497 e. The summed E-state index contributed by atoms with van der Waals surface area (Å²) in [5.74, 6) is 2.08. The van der Waals surface area contributed by atoms with Crippen molar-refractivity contribution in [1.82, 2.24) is 4.90 Å². The quantitative estimate of drug-likeness (QED) is 0.604. The monoisotopic (exact) mass is 387 g/mol. The van der Waals surface area contributed by atoms with E-state index < -0.39 is 0 Å². The summed E-state index contributed by atoms with van der Waals surface area (Å²) in [6.07, 6.45) is 0.982. The van der Waals surface area contributed by atoms with Crippen molar-refractivity contribution in [2.75, 3.05) is 20.2 Å². The van der Waals surface area contributed by atoms with Crippen LogP contribution in [-0.2, 0) is 6.61 Å². The first kappa shape index (κ1) is 19.1. The molecule has 1 aliphatic heterocycles. The molecule has 3 aromatic rings. The number of carbonyl (C=O) groups is 1. The first-order chi connectivity index (χ1) is 14.2. The van der Waals surface area contributed by atoms with Gasteiger partial charge in [0.25, 0.3) is 5.91 Å². The molecule has 1 unspecified atom stereocenters. The van der Waals surface area contributed by atoms with Crippen LogP contribution in [0.5, 0.6) is 11.5 Å². The molecule has 4 rings (SSSR count). The van der Waals surface area contributed by atoms with Gasteiger partial charge in [-0.25, -0.2) is 0 Å². The average Bonchev–Trinajstić information content (AvgIpc) is 3.29. The van der Waals surface area contributed by atoms with E-state index >= 15 is 0 Å². The summed E-state index contributed by atoms with van der Waals surface area (Å²) in [4.78, 5) is 14.8. The second-order valence-electron chi connectivity index (χ2n) is 7.31. The van der Waals surface area contributed by atoms with Crippen molar-refractivity contribution in [1.29, 1.82) is 0 Å². The van der Waals surface area contributed by atoms with Gasteiger partial charge in [-0.1, -0.05) is 42.5 Å². The Labute approximate surface area is 171 Å². The van der Waals surface area contributed by atoms with Gasteiger partial charge in [0.05, 0.1) is 7.11 Å². The Hall–Kier alpha value is -3.27. The first-order valence-electron chi connectivity index (χ1n) is 9.93. The number of nitrogens with zero attached hydrogens (tertiary/aromatic N) is 1. The van der Waals surface area contributed by atoms with Crippen LogP contribution < -0.4 is 9.47 Å². The maximum absolute atomic E-state index is 12.9. The van der Waals surface area contributed by atoms with E-state index in [4.69, 9.17) is 9.47 Å². The van der Waals surface area contributed by atoms with Crippen molar-refractivity contribution < 1.29 is 14.3 Å². The Kier molecular flexibility index (Phi) is 5.80. The van der Waals surface area contributed by atoms with Crippen LogP contribution in [-0.4, -0.2) is 31.0 Å². The molecule has 4 nitrogen and oxygen atoms in total. The number of amides is 1. The van der Waals surface area contributed by atoms with Gasteiger partial charge in [-0.3, -0.25) is 4.79 Å². The number of hydrogen-bond acceptors (Lipinski definition) is 3. The molecule has 1 saturated heterocycles. The summed E-state index contributed by atoms with van der Waals surface area (Å²) in [7, 11) is 1.67. The lowest BCUT2D eigenvalue weighted by atomic mass is 9.98. The Morgan fingerprint density at radius 2 is 1.62 bits per heavy atom. The zero-order valence-electron chi connectivity index (χ0n) is 16.6. The van der Waals surface area contributed by atoms with Gasteiger partial charge in [0, 0.05) is 24.6 Å². The lowest BCUT2D eigenvalue weighted by Crippen LogP contribution is -2.28. The second-order valence-corrected chi connectivity index (χ2v) is 7.31. The smallest absolute Gasteiger partial charge is 0.253 e. The molecule has 1 atom stereocenters. The molecule has 4 heteroatoms. The van der Waals surface area contributed by atoms with Gasteiger partial charge in [-0.2, -0.15) is 0 Å². The van der Waals surface area contributed by atoms with Crippen LogP contribution >= 0.6 is 0 Å². The molecule has 3 aromatic carbocycles. The molecule has 0 spiro atoms. The molecular formula is C25H25NO3. The molecule has 0 aliphatic carbocycles. The van der Waals surface area contributed by atoms with E-state index in [1.54, 1.807) is 7.11 Å². The Morgan fingerprint density at radius 1 is 0.931 bits per heavy atom. The van der Waals surface area contributed by atoms with E-state index in [9.17, 15) is 4.79 Å². The van der Waals surface area contributed by atoms with Gasteiger partial charge in [0.1, 0.15) is 18.1 Å². The number of likely N-dealkylation sites (tertiary alicyclic amines) is 1. The topological polar surface area (TPSA) is 38.8 Å². The van der Waals surface area contributed by atoms with E-state index in [1.807, 2.05) is 71.6 Å². The van der Waals surface area contributed by atoms with Crippen LogP contribution in [0.25, 0.3) is 0 Å². The van der Waals surface area contributed by atoms with Gasteiger partial charge in [0.2, 0.25) is 0 Å². The maximum Gasteiger partial charge on any atom is 0.253 e. The molecule has 1 aliphatic rings. The van der Waals surface area contributed by atoms with Crippen molar-refractivity contribution in [2.45, 2.75) is 18.9 Å². The van der Waals surface area contributed by atoms with Crippen LogP contribution in [0.2, 0.25) is 0 Å². The van der Waals surface area contributed by atoms with E-state index in [-0.39, 0.29) is 5.91 Å². The number of hydrogen-bond donors (Lipinski definition) is 0. The van der Waals surface area contributed by atoms with Crippen molar-refractivity contribution in [3.63, 3.8) is 0 Å². The Bertz CT molecular complexity index is 936. The zero-order chi connectivity index (χ0) is 20.1. The summed E-state index contributed by atoms with van der Waals surface area (Å²) in [6.45, 7) is 2.04. The maximum atomic E-state index is 12.9. The first-order valence-corrected chi connectivity index (χ1v) is 9.93. The highest BCUT2D eigenvalue weighted by Crippen LogP contribution is 2.29. The molecule has 1 amide bonds. The van der Waals surface area contributed by atoms with Crippen molar-refractivity contribution >= 4 is 5.91 Å². The van der Waals surface area contributed by atoms with E-state index in [0.29, 0.717) is 18.1 Å². The van der Waals surface area contributed by atoms with Gasteiger partial charge in [0.15, 0.2) is 0 Å². The fraction of sp³-hybridized carbons (Fsp3) is 0.240. The van der Waals surface area contributed by atoms with Crippen molar-refractivity contribution in [3.05, 3.63) is 95.6 Å². The normalized spacial score (nSPS) is 15.9. The van der Waals surface area contributed by atoms with E-state index in [1.165, 1.54) is 5.56 Å². The molecule has 1 fully saturated rings. The third kappa shape index (κ3) is 4.60. The predicted octanol–water partition coefficient (Wildman–Crippen LogP) is 4.90. The van der Waals surface area contributed by atoms with E-state index in [0.717, 1.165) is 36.6 Å². The third-order valence-electron chi connectivity index (χ3n) is 5.41. The van der Waals surface area contributed by atoms with E-state index in [2.05, 4.69) is 12.1 Å². The van der Waals surface area contributed by atoms with Crippen LogP contribution in [0.1, 0.15) is 33.8 Å². The molecule has 0 N–H and O–H groups in total. The lowest BCUT2D eigenvalue weighted by Gasteiger charge is -2.17. The number of rotatable bonds is 6. The summed E-state index contributed by atoms with van der Waals surface area (Å²) in [5.41, 5.74) is 3.08. The highest BCUT2D eigenvalue weighted by Gasteiger charge is 2.28. The van der Waals surface area contributed by atoms with Gasteiger partial charge >= 0.3 is 0 Å². The minimum Gasteiger partial charge on any atom is -0.497 e. The molecule has 29 heavy (non-hydrogen) atoms. The van der Waals surface area contributed by atoms with Gasteiger partial charge in [-0.15, -0.1) is 0 Å². The predicted molar refractivity (Wildman–Crippen MR) is 113 cm³/mol. The molecule has 1 heterocycles. The molecular weight excluding hydrogens is 362 g/mol. The Morgan fingerprint density at radius 3 is 2.31 bits per heavy atom.